The fraction of sp³-hybridized carbons (Fsp3) is 0.111. The third-order valence-electron chi connectivity index (χ3n) is 4.26. The van der Waals surface area contributed by atoms with Gasteiger partial charge in [0.15, 0.2) is 7.28 Å². The molecule has 4 rings (SSSR count). The van der Waals surface area contributed by atoms with Crippen LogP contribution in [-0.4, -0.2) is 13.3 Å². The Hall–Kier alpha value is -2.22. The van der Waals surface area contributed by atoms with Gasteiger partial charge in [-0.25, -0.2) is 0 Å². The van der Waals surface area contributed by atoms with Gasteiger partial charge >= 0.3 is 0 Å². The molecule has 96 valence electrons. The minimum Gasteiger partial charge on any atom is -0.335 e. The van der Waals surface area contributed by atoms with Gasteiger partial charge in [-0.1, -0.05) is 66.2 Å². The van der Waals surface area contributed by atoms with Gasteiger partial charge in [-0.15, -0.1) is 0 Å². The molecule has 0 fully saturated rings. The molecule has 2 atom stereocenters. The van der Waals surface area contributed by atoms with Gasteiger partial charge in [-0.2, -0.15) is 0 Å². The summed E-state index contributed by atoms with van der Waals surface area (Å²) in [4.78, 5) is 2.48. The van der Waals surface area contributed by atoms with Crippen LogP contribution in [0.4, 0.5) is 11.4 Å². The molecule has 0 N–H and O–H groups in total. The standard InChI is InChI=1S/C18H16BN/c1-2-8-14(9-3-1)20-17-12-6-4-10-15(17)19-16-11-5-7-13-18(16)20/h1-13,15,17,19H. The Morgan fingerprint density at radius 1 is 0.800 bits per heavy atom. The zero-order chi connectivity index (χ0) is 13.4. The summed E-state index contributed by atoms with van der Waals surface area (Å²) in [6.07, 6.45) is 9.02. The van der Waals surface area contributed by atoms with Gasteiger partial charge < -0.3 is 4.90 Å². The van der Waals surface area contributed by atoms with E-state index in [0.717, 1.165) is 7.28 Å². The summed E-state index contributed by atoms with van der Waals surface area (Å²) in [5, 5.41) is 0. The Labute approximate surface area is 120 Å². The van der Waals surface area contributed by atoms with Gasteiger partial charge in [0.1, 0.15) is 0 Å². The maximum atomic E-state index is 2.48. The van der Waals surface area contributed by atoms with E-state index in [0.29, 0.717) is 11.9 Å². The number of hydrogen-bond donors (Lipinski definition) is 0. The molecule has 0 amide bonds. The fourth-order valence-corrected chi connectivity index (χ4v) is 3.34. The molecule has 0 aromatic heterocycles. The minimum absolute atomic E-state index is 0.428. The highest BCUT2D eigenvalue weighted by molar-refractivity contribution is 6.59. The third-order valence-corrected chi connectivity index (χ3v) is 4.26. The lowest BCUT2D eigenvalue weighted by molar-refractivity contribution is 0.771. The van der Waals surface area contributed by atoms with Crippen LogP contribution >= 0.6 is 0 Å². The van der Waals surface area contributed by atoms with Crippen LogP contribution in [0.1, 0.15) is 0 Å². The van der Waals surface area contributed by atoms with Crippen molar-refractivity contribution >= 4 is 24.1 Å². The average Bonchev–Trinajstić information content (AvgIpc) is 2.53. The molecule has 0 spiro atoms. The summed E-state index contributed by atoms with van der Waals surface area (Å²) >= 11 is 0. The molecule has 2 unspecified atom stereocenters. The van der Waals surface area contributed by atoms with Gasteiger partial charge in [-0.05, 0) is 24.0 Å². The lowest BCUT2D eigenvalue weighted by atomic mass is 9.52. The molecule has 2 aliphatic rings. The Kier molecular flexibility index (Phi) is 2.73. The van der Waals surface area contributed by atoms with E-state index >= 15 is 0 Å². The number of benzene rings is 2. The van der Waals surface area contributed by atoms with Crippen molar-refractivity contribution in [3.8, 4) is 0 Å². The first-order chi connectivity index (χ1) is 9.93. The highest BCUT2D eigenvalue weighted by Gasteiger charge is 2.33. The molecule has 20 heavy (non-hydrogen) atoms. The lowest BCUT2D eigenvalue weighted by Crippen LogP contribution is -2.46. The molecular weight excluding hydrogens is 241 g/mol. The Balaban J connectivity index is 1.89. The van der Waals surface area contributed by atoms with Crippen molar-refractivity contribution < 1.29 is 0 Å². The summed E-state index contributed by atoms with van der Waals surface area (Å²) in [5.74, 6) is 0.565. The van der Waals surface area contributed by atoms with Crippen LogP contribution in [-0.2, 0) is 0 Å². The van der Waals surface area contributed by atoms with E-state index in [1.54, 1.807) is 0 Å². The summed E-state index contributed by atoms with van der Waals surface area (Å²) in [6, 6.07) is 19.9. The SMILES string of the molecule is B1c2ccccc2N(c2ccccc2)C2C=CC=CC12. The van der Waals surface area contributed by atoms with Crippen molar-refractivity contribution in [2.24, 2.45) is 0 Å². The summed E-state index contributed by atoms with van der Waals surface area (Å²) in [6.45, 7) is 0. The van der Waals surface area contributed by atoms with Crippen LogP contribution in [0.25, 0.3) is 0 Å². The van der Waals surface area contributed by atoms with Crippen molar-refractivity contribution in [1.82, 2.24) is 0 Å². The molecule has 0 bridgehead atoms. The lowest BCUT2D eigenvalue weighted by Gasteiger charge is -2.42. The molecule has 0 saturated heterocycles. The van der Waals surface area contributed by atoms with Crippen LogP contribution in [0, 0.1) is 0 Å². The molecule has 0 saturated carbocycles. The zero-order valence-corrected chi connectivity index (χ0v) is 11.3. The minimum atomic E-state index is 0.428. The van der Waals surface area contributed by atoms with Gasteiger partial charge in [0.25, 0.3) is 0 Å². The molecule has 2 aromatic rings. The summed E-state index contributed by atoms with van der Waals surface area (Å²) in [5.41, 5.74) is 4.06. The second kappa shape index (κ2) is 4.71. The van der Waals surface area contributed by atoms with E-state index in [4.69, 9.17) is 0 Å². The normalized spacial score (nSPS) is 22.9. The average molecular weight is 257 g/mol. The first kappa shape index (κ1) is 11.6. The zero-order valence-electron chi connectivity index (χ0n) is 11.3. The molecule has 1 aliphatic carbocycles. The summed E-state index contributed by atoms with van der Waals surface area (Å²) < 4.78 is 0. The van der Waals surface area contributed by atoms with Gasteiger partial charge in [0.2, 0.25) is 0 Å². The highest BCUT2D eigenvalue weighted by Crippen LogP contribution is 2.37. The molecular formula is C18H16BN. The number of anilines is 2. The number of fused-ring (bicyclic) bond motifs is 2. The van der Waals surface area contributed by atoms with Crippen LogP contribution in [0.5, 0.6) is 0 Å². The van der Waals surface area contributed by atoms with Crippen LogP contribution in [0.15, 0.2) is 78.9 Å². The maximum absolute atomic E-state index is 2.48. The van der Waals surface area contributed by atoms with Gasteiger partial charge in [0, 0.05) is 11.4 Å². The van der Waals surface area contributed by atoms with Gasteiger partial charge in [0.05, 0.1) is 6.04 Å². The van der Waals surface area contributed by atoms with Crippen molar-refractivity contribution in [3.05, 3.63) is 78.9 Å². The number of nitrogens with zero attached hydrogens (tertiary/aromatic N) is 1. The van der Waals surface area contributed by atoms with E-state index < -0.39 is 0 Å². The topological polar surface area (TPSA) is 3.24 Å². The first-order valence-electron chi connectivity index (χ1n) is 7.21. The smallest absolute Gasteiger partial charge is 0.170 e. The number of hydrogen-bond acceptors (Lipinski definition) is 1. The van der Waals surface area contributed by atoms with E-state index in [9.17, 15) is 0 Å². The number of para-hydroxylation sites is 2. The second-order valence-corrected chi connectivity index (χ2v) is 5.46. The van der Waals surface area contributed by atoms with Crippen LogP contribution < -0.4 is 10.4 Å². The molecule has 1 nitrogen and oxygen atoms in total. The summed E-state index contributed by atoms with van der Waals surface area (Å²) in [7, 11) is 1.13. The van der Waals surface area contributed by atoms with Crippen molar-refractivity contribution in [1.29, 1.82) is 0 Å². The Morgan fingerprint density at radius 3 is 2.45 bits per heavy atom. The van der Waals surface area contributed by atoms with Crippen LogP contribution in [0.3, 0.4) is 0 Å². The van der Waals surface area contributed by atoms with Gasteiger partial charge in [-0.3, -0.25) is 0 Å². The van der Waals surface area contributed by atoms with E-state index in [1.165, 1.54) is 16.8 Å². The predicted octanol–water partition coefficient (Wildman–Crippen LogP) is 3.18. The van der Waals surface area contributed by atoms with Crippen LogP contribution in [0.2, 0.25) is 5.82 Å². The fourth-order valence-electron chi connectivity index (χ4n) is 3.34. The monoisotopic (exact) mass is 257 g/mol. The molecule has 2 aromatic carbocycles. The first-order valence-corrected chi connectivity index (χ1v) is 7.21. The Morgan fingerprint density at radius 2 is 1.55 bits per heavy atom. The third kappa shape index (κ3) is 1.80. The Bertz CT molecular complexity index is 675. The van der Waals surface area contributed by atoms with Crippen molar-refractivity contribution in [3.63, 3.8) is 0 Å². The number of rotatable bonds is 1. The number of allylic oxidation sites excluding steroid dienone is 2. The largest absolute Gasteiger partial charge is 0.335 e. The van der Waals surface area contributed by atoms with Crippen molar-refractivity contribution in [2.45, 2.75) is 11.9 Å². The molecule has 1 aliphatic heterocycles. The predicted molar refractivity (Wildman–Crippen MR) is 87.6 cm³/mol. The van der Waals surface area contributed by atoms with Crippen molar-refractivity contribution in [2.75, 3.05) is 4.90 Å². The molecule has 2 heteroatoms. The van der Waals surface area contributed by atoms with E-state index in [2.05, 4.69) is 83.8 Å². The molecule has 1 heterocycles. The molecule has 0 radical (unpaired) electrons. The van der Waals surface area contributed by atoms with E-state index in [-0.39, 0.29) is 0 Å². The highest BCUT2D eigenvalue weighted by atomic mass is 15.2. The second-order valence-electron chi connectivity index (χ2n) is 5.46. The van der Waals surface area contributed by atoms with E-state index in [1.807, 2.05) is 0 Å². The maximum Gasteiger partial charge on any atom is 0.170 e. The quantitative estimate of drug-likeness (QED) is 0.709.